The van der Waals surface area contributed by atoms with Gasteiger partial charge in [0.05, 0.1) is 11.8 Å². The van der Waals surface area contributed by atoms with Crippen LogP contribution in [0.1, 0.15) is 38.4 Å². The predicted octanol–water partition coefficient (Wildman–Crippen LogP) is 4.06. The lowest BCUT2D eigenvalue weighted by Crippen LogP contribution is -2.19. The molecule has 5 nitrogen and oxygen atoms in total. The highest BCUT2D eigenvalue weighted by molar-refractivity contribution is 5.99. The van der Waals surface area contributed by atoms with E-state index in [4.69, 9.17) is 5.73 Å². The summed E-state index contributed by atoms with van der Waals surface area (Å²) in [6.45, 7) is 8.35. The van der Waals surface area contributed by atoms with E-state index in [1.54, 1.807) is 30.5 Å². The molecular formula is C22H24N4O. The number of hydrazone groups is 1. The van der Waals surface area contributed by atoms with Crippen LogP contribution in [0.4, 0.5) is 5.69 Å². The predicted molar refractivity (Wildman–Crippen MR) is 111 cm³/mol. The number of nitrogens with two attached hydrogens (primary N) is 1. The number of para-hydroxylation sites is 1. The summed E-state index contributed by atoms with van der Waals surface area (Å²) in [5, 5.41) is 4.11. The number of aryl methyl sites for hydroxylation is 2. The fourth-order valence-corrected chi connectivity index (χ4v) is 3.19. The molecule has 3 rings (SSSR count). The maximum absolute atomic E-state index is 12.2. The van der Waals surface area contributed by atoms with Crippen LogP contribution in [-0.2, 0) is 0 Å². The van der Waals surface area contributed by atoms with Gasteiger partial charge in [-0.15, -0.1) is 0 Å². The van der Waals surface area contributed by atoms with E-state index in [-0.39, 0.29) is 5.91 Å². The molecular weight excluding hydrogens is 336 g/mol. The number of aromatic nitrogens is 1. The maximum atomic E-state index is 12.2. The third-order valence-corrected chi connectivity index (χ3v) is 4.86. The van der Waals surface area contributed by atoms with Crippen LogP contribution in [0.25, 0.3) is 5.69 Å². The zero-order chi connectivity index (χ0) is 19.6. The number of nitrogen functional groups attached to an aromatic ring is 1. The van der Waals surface area contributed by atoms with E-state index in [2.05, 4.69) is 60.1 Å². The number of nitrogens with one attached hydrogen (secondary N) is 1. The van der Waals surface area contributed by atoms with Crippen molar-refractivity contribution in [3.05, 3.63) is 82.2 Å². The number of carbonyl (C=O) groups excluding carboxylic acids is 1. The van der Waals surface area contributed by atoms with Gasteiger partial charge in [0.2, 0.25) is 0 Å². The molecule has 0 radical (unpaired) electrons. The first-order valence-electron chi connectivity index (χ1n) is 8.83. The molecule has 27 heavy (non-hydrogen) atoms. The number of amides is 1. The summed E-state index contributed by atoms with van der Waals surface area (Å²) in [6, 6.07) is 15.3. The van der Waals surface area contributed by atoms with Gasteiger partial charge in [-0.1, -0.05) is 24.3 Å². The first-order valence-corrected chi connectivity index (χ1v) is 8.83. The molecule has 3 N–H and O–H groups in total. The summed E-state index contributed by atoms with van der Waals surface area (Å²) in [5.74, 6) is -0.326. The molecule has 0 aliphatic carbocycles. The molecule has 0 bridgehead atoms. The minimum Gasteiger partial charge on any atom is -0.398 e. The molecule has 0 aliphatic rings. The van der Waals surface area contributed by atoms with Crippen molar-refractivity contribution in [3.8, 4) is 5.69 Å². The molecule has 2 aromatic carbocycles. The van der Waals surface area contributed by atoms with Gasteiger partial charge in [-0.3, -0.25) is 4.79 Å². The molecule has 3 aromatic rings. The number of hydrogen-bond acceptors (Lipinski definition) is 3. The number of benzene rings is 2. The first kappa shape index (κ1) is 18.5. The van der Waals surface area contributed by atoms with Gasteiger partial charge in [0.1, 0.15) is 0 Å². The molecule has 1 amide bonds. The highest BCUT2D eigenvalue weighted by Crippen LogP contribution is 2.24. The van der Waals surface area contributed by atoms with Crippen LogP contribution >= 0.6 is 0 Å². The number of anilines is 1. The monoisotopic (exact) mass is 360 g/mol. The van der Waals surface area contributed by atoms with E-state index in [0.29, 0.717) is 11.3 Å². The van der Waals surface area contributed by atoms with Crippen molar-refractivity contribution < 1.29 is 4.79 Å². The fraction of sp³-hybridized carbons (Fsp3) is 0.182. The average Bonchev–Trinajstić information content (AvgIpc) is 2.91. The van der Waals surface area contributed by atoms with Crippen molar-refractivity contribution in [1.82, 2.24) is 9.99 Å². The van der Waals surface area contributed by atoms with Gasteiger partial charge < -0.3 is 10.3 Å². The van der Waals surface area contributed by atoms with Gasteiger partial charge in [0.25, 0.3) is 5.91 Å². The van der Waals surface area contributed by atoms with Crippen LogP contribution < -0.4 is 11.2 Å². The Balaban J connectivity index is 1.85. The second kappa shape index (κ2) is 7.50. The van der Waals surface area contributed by atoms with Crippen LogP contribution in [0.3, 0.4) is 0 Å². The Bertz CT molecular complexity index is 1030. The third-order valence-electron chi connectivity index (χ3n) is 4.86. The summed E-state index contributed by atoms with van der Waals surface area (Å²) in [7, 11) is 0. The van der Waals surface area contributed by atoms with E-state index in [1.807, 2.05) is 6.92 Å². The minimum atomic E-state index is -0.326. The quantitative estimate of drug-likeness (QED) is 0.418. The van der Waals surface area contributed by atoms with Crippen molar-refractivity contribution in [2.45, 2.75) is 27.7 Å². The Morgan fingerprint density at radius 3 is 2.56 bits per heavy atom. The highest BCUT2D eigenvalue weighted by Gasteiger charge is 2.12. The fourth-order valence-electron chi connectivity index (χ4n) is 3.19. The van der Waals surface area contributed by atoms with Crippen molar-refractivity contribution in [3.63, 3.8) is 0 Å². The van der Waals surface area contributed by atoms with E-state index in [9.17, 15) is 4.79 Å². The second-order valence-electron chi connectivity index (χ2n) is 6.67. The van der Waals surface area contributed by atoms with Gasteiger partial charge in [-0.2, -0.15) is 5.10 Å². The SMILES string of the molecule is Cc1cccc(-n2c(C)cc(/C=N\NC(=O)c3ccccc3N)c2C)c1C. The van der Waals surface area contributed by atoms with Crippen LogP contribution in [0.5, 0.6) is 0 Å². The molecule has 5 heteroatoms. The average molecular weight is 360 g/mol. The van der Waals surface area contributed by atoms with Crippen LogP contribution in [0.2, 0.25) is 0 Å². The van der Waals surface area contributed by atoms with Crippen LogP contribution in [0, 0.1) is 27.7 Å². The molecule has 0 fully saturated rings. The Morgan fingerprint density at radius 1 is 1.07 bits per heavy atom. The van der Waals surface area contributed by atoms with E-state index >= 15 is 0 Å². The smallest absolute Gasteiger partial charge is 0.273 e. The summed E-state index contributed by atoms with van der Waals surface area (Å²) in [4.78, 5) is 12.2. The topological polar surface area (TPSA) is 72.4 Å². The lowest BCUT2D eigenvalue weighted by atomic mass is 10.1. The van der Waals surface area contributed by atoms with Gasteiger partial charge in [-0.05, 0) is 63.1 Å². The van der Waals surface area contributed by atoms with Crippen LogP contribution in [-0.4, -0.2) is 16.7 Å². The molecule has 0 spiro atoms. The standard InChI is InChI=1S/C22H24N4O/c1-14-8-7-11-21(16(14)3)26-15(2)12-18(17(26)4)13-24-25-22(27)19-9-5-6-10-20(19)23/h5-13H,23H2,1-4H3,(H,25,27)/b24-13-. The summed E-state index contributed by atoms with van der Waals surface area (Å²) < 4.78 is 2.21. The lowest BCUT2D eigenvalue weighted by molar-refractivity contribution is 0.0956. The first-order chi connectivity index (χ1) is 12.9. The van der Waals surface area contributed by atoms with E-state index in [0.717, 1.165) is 22.6 Å². The number of carbonyl (C=O) groups is 1. The maximum Gasteiger partial charge on any atom is 0.273 e. The van der Waals surface area contributed by atoms with Gasteiger partial charge in [0.15, 0.2) is 0 Å². The molecule has 0 saturated heterocycles. The van der Waals surface area contributed by atoms with Crippen molar-refractivity contribution >= 4 is 17.8 Å². The molecule has 0 atom stereocenters. The number of nitrogens with zero attached hydrogens (tertiary/aromatic N) is 2. The summed E-state index contributed by atoms with van der Waals surface area (Å²) >= 11 is 0. The molecule has 138 valence electrons. The van der Waals surface area contributed by atoms with Crippen molar-refractivity contribution in [2.75, 3.05) is 5.73 Å². The second-order valence-corrected chi connectivity index (χ2v) is 6.67. The van der Waals surface area contributed by atoms with E-state index < -0.39 is 0 Å². The zero-order valence-corrected chi connectivity index (χ0v) is 16.1. The highest BCUT2D eigenvalue weighted by atomic mass is 16.2. The normalized spacial score (nSPS) is 11.1. The third kappa shape index (κ3) is 3.62. The van der Waals surface area contributed by atoms with Gasteiger partial charge in [0, 0.05) is 28.3 Å². The molecule has 1 aromatic heterocycles. The summed E-state index contributed by atoms with van der Waals surface area (Å²) in [5.41, 5.74) is 16.0. The largest absolute Gasteiger partial charge is 0.398 e. The molecule has 1 heterocycles. The zero-order valence-electron chi connectivity index (χ0n) is 16.1. The number of hydrogen-bond donors (Lipinski definition) is 2. The van der Waals surface area contributed by atoms with Crippen LogP contribution in [0.15, 0.2) is 53.6 Å². The Hall–Kier alpha value is -3.34. The Kier molecular flexibility index (Phi) is 5.12. The Labute approximate surface area is 159 Å². The number of rotatable bonds is 4. The summed E-state index contributed by atoms with van der Waals surface area (Å²) in [6.07, 6.45) is 1.67. The Morgan fingerprint density at radius 2 is 1.81 bits per heavy atom. The van der Waals surface area contributed by atoms with Crippen molar-refractivity contribution in [2.24, 2.45) is 5.10 Å². The molecule has 0 saturated carbocycles. The van der Waals surface area contributed by atoms with Crippen molar-refractivity contribution in [1.29, 1.82) is 0 Å². The van der Waals surface area contributed by atoms with Gasteiger partial charge in [-0.25, -0.2) is 5.43 Å². The molecule has 0 aliphatic heterocycles. The van der Waals surface area contributed by atoms with Gasteiger partial charge >= 0.3 is 0 Å². The minimum absolute atomic E-state index is 0.326. The lowest BCUT2D eigenvalue weighted by Gasteiger charge is -2.14. The van der Waals surface area contributed by atoms with E-state index in [1.165, 1.54) is 11.1 Å². The molecule has 0 unspecified atom stereocenters.